The third-order valence-electron chi connectivity index (χ3n) is 5.47. The van der Waals surface area contributed by atoms with Crippen molar-refractivity contribution in [1.82, 2.24) is 10.2 Å². The fourth-order valence-corrected chi connectivity index (χ4v) is 3.57. The van der Waals surface area contributed by atoms with Crippen LogP contribution in [-0.2, 0) is 20.8 Å². The molecule has 152 valence electrons. The normalized spacial score (nSPS) is 15.9. The van der Waals surface area contributed by atoms with Gasteiger partial charge in [0.15, 0.2) is 0 Å². The van der Waals surface area contributed by atoms with Gasteiger partial charge in [-0.15, -0.1) is 0 Å². The Morgan fingerprint density at radius 3 is 2.57 bits per heavy atom. The molecule has 0 saturated heterocycles. The summed E-state index contributed by atoms with van der Waals surface area (Å²) in [7, 11) is 0. The molecule has 1 fully saturated rings. The Kier molecular flexibility index (Phi) is 6.67. The first-order valence-corrected chi connectivity index (χ1v) is 10.3. The summed E-state index contributed by atoms with van der Waals surface area (Å²) < 4.78 is 0. The van der Waals surface area contributed by atoms with Crippen LogP contribution < -0.4 is 15.5 Å². The van der Waals surface area contributed by atoms with Crippen molar-refractivity contribution in [3.05, 3.63) is 23.8 Å². The van der Waals surface area contributed by atoms with Crippen molar-refractivity contribution in [1.29, 1.82) is 0 Å². The molecule has 2 N–H and O–H groups in total. The number of nitrogens with one attached hydrogen (secondary N) is 2. The van der Waals surface area contributed by atoms with Gasteiger partial charge in [0.25, 0.3) is 0 Å². The van der Waals surface area contributed by atoms with Gasteiger partial charge in [0.1, 0.15) is 0 Å². The van der Waals surface area contributed by atoms with Crippen LogP contribution in [0.4, 0.5) is 11.4 Å². The van der Waals surface area contributed by atoms with E-state index < -0.39 is 11.8 Å². The summed E-state index contributed by atoms with van der Waals surface area (Å²) in [4.78, 5) is 40.8. The summed E-state index contributed by atoms with van der Waals surface area (Å²) >= 11 is 0. The lowest BCUT2D eigenvalue weighted by Gasteiger charge is -2.30. The molecule has 1 heterocycles. The second kappa shape index (κ2) is 9.19. The minimum Gasteiger partial charge on any atom is -0.347 e. The molecular formula is C21H30N4O3. The van der Waals surface area contributed by atoms with Gasteiger partial charge in [0.05, 0.1) is 0 Å². The predicted molar refractivity (Wildman–Crippen MR) is 109 cm³/mol. The monoisotopic (exact) mass is 386 g/mol. The summed E-state index contributed by atoms with van der Waals surface area (Å²) in [6.45, 7) is 7.79. The highest BCUT2D eigenvalue weighted by molar-refractivity contribution is 6.39. The van der Waals surface area contributed by atoms with Gasteiger partial charge in [-0.3, -0.25) is 14.4 Å². The molecule has 7 nitrogen and oxygen atoms in total. The van der Waals surface area contributed by atoms with Crippen molar-refractivity contribution in [2.75, 3.05) is 42.9 Å². The molecule has 0 spiro atoms. The number of fused-ring (bicyclic) bond motifs is 1. The zero-order valence-electron chi connectivity index (χ0n) is 16.8. The average molecular weight is 386 g/mol. The number of rotatable bonds is 7. The number of hydrogen-bond donors (Lipinski definition) is 2. The molecule has 1 aromatic carbocycles. The molecule has 3 rings (SSSR count). The third kappa shape index (κ3) is 4.90. The second-order valence-corrected chi connectivity index (χ2v) is 7.45. The van der Waals surface area contributed by atoms with Crippen LogP contribution in [0.5, 0.6) is 0 Å². The molecule has 0 unspecified atom stereocenters. The lowest BCUT2D eigenvalue weighted by molar-refractivity contribution is -0.136. The topological polar surface area (TPSA) is 81.8 Å². The first-order chi connectivity index (χ1) is 13.5. The van der Waals surface area contributed by atoms with E-state index in [-0.39, 0.29) is 11.8 Å². The largest absolute Gasteiger partial charge is 0.347 e. The van der Waals surface area contributed by atoms with E-state index in [0.717, 1.165) is 50.0 Å². The van der Waals surface area contributed by atoms with Gasteiger partial charge in [0.2, 0.25) is 5.91 Å². The quantitative estimate of drug-likeness (QED) is 0.700. The molecule has 1 aliphatic heterocycles. The van der Waals surface area contributed by atoms with E-state index in [1.165, 1.54) is 0 Å². The molecule has 3 amide bonds. The van der Waals surface area contributed by atoms with E-state index >= 15 is 0 Å². The smallest absolute Gasteiger partial charge is 0.313 e. The van der Waals surface area contributed by atoms with Gasteiger partial charge in [-0.25, -0.2) is 0 Å². The van der Waals surface area contributed by atoms with E-state index in [9.17, 15) is 14.4 Å². The van der Waals surface area contributed by atoms with Crippen molar-refractivity contribution >= 4 is 29.1 Å². The number of likely N-dealkylation sites (N-methyl/N-ethyl adjacent to an activating group) is 1. The second-order valence-electron chi connectivity index (χ2n) is 7.45. The van der Waals surface area contributed by atoms with Crippen LogP contribution in [0.15, 0.2) is 18.2 Å². The minimum absolute atomic E-state index is 0.154. The first-order valence-electron chi connectivity index (χ1n) is 10.3. The highest BCUT2D eigenvalue weighted by atomic mass is 16.2. The Hall–Kier alpha value is -2.41. The molecule has 2 aliphatic rings. The van der Waals surface area contributed by atoms with Crippen LogP contribution in [0.1, 0.15) is 38.7 Å². The minimum atomic E-state index is -0.685. The number of hydrogen-bond acceptors (Lipinski definition) is 4. The SMILES string of the molecule is CCN(CC)CCNC(=O)C(=O)Nc1ccc2c(c1)N(C(=O)C1CC1)CCC2. The number of anilines is 2. The van der Waals surface area contributed by atoms with E-state index in [0.29, 0.717) is 25.3 Å². The number of carbonyl (C=O) groups is 3. The van der Waals surface area contributed by atoms with Crippen LogP contribution in [-0.4, -0.2) is 55.3 Å². The van der Waals surface area contributed by atoms with Crippen molar-refractivity contribution in [2.24, 2.45) is 5.92 Å². The van der Waals surface area contributed by atoms with E-state index in [1.807, 2.05) is 17.0 Å². The van der Waals surface area contributed by atoms with Crippen LogP contribution in [0, 0.1) is 5.92 Å². The maximum Gasteiger partial charge on any atom is 0.313 e. The Morgan fingerprint density at radius 1 is 1.14 bits per heavy atom. The van der Waals surface area contributed by atoms with Crippen molar-refractivity contribution in [3.63, 3.8) is 0 Å². The molecule has 0 atom stereocenters. The number of amides is 3. The van der Waals surface area contributed by atoms with Crippen LogP contribution in [0.25, 0.3) is 0 Å². The predicted octanol–water partition coefficient (Wildman–Crippen LogP) is 1.77. The van der Waals surface area contributed by atoms with Gasteiger partial charge >= 0.3 is 11.8 Å². The van der Waals surface area contributed by atoms with Crippen LogP contribution in [0.2, 0.25) is 0 Å². The van der Waals surface area contributed by atoms with Crippen molar-refractivity contribution in [2.45, 2.75) is 39.5 Å². The standard InChI is InChI=1S/C21H30N4O3/c1-3-24(4-2)13-11-22-19(26)20(27)23-17-10-9-15-6-5-12-25(18(15)14-17)21(28)16-7-8-16/h9-10,14,16H,3-8,11-13H2,1-2H3,(H,22,26)(H,23,27). The van der Waals surface area contributed by atoms with Gasteiger partial charge in [-0.1, -0.05) is 19.9 Å². The zero-order chi connectivity index (χ0) is 20.1. The average Bonchev–Trinajstić information content (AvgIpc) is 3.55. The fraction of sp³-hybridized carbons (Fsp3) is 0.571. The number of aryl methyl sites for hydroxylation is 1. The van der Waals surface area contributed by atoms with Crippen molar-refractivity contribution in [3.8, 4) is 0 Å². The van der Waals surface area contributed by atoms with Crippen LogP contribution in [0.3, 0.4) is 0 Å². The Balaban J connectivity index is 1.59. The van der Waals surface area contributed by atoms with E-state index in [2.05, 4.69) is 29.4 Å². The molecule has 1 aromatic rings. The van der Waals surface area contributed by atoms with E-state index in [4.69, 9.17) is 0 Å². The summed E-state index contributed by atoms with van der Waals surface area (Å²) in [6.07, 6.45) is 3.81. The van der Waals surface area contributed by atoms with Crippen LogP contribution >= 0.6 is 0 Å². The summed E-state index contributed by atoms with van der Waals surface area (Å²) in [5.41, 5.74) is 2.52. The van der Waals surface area contributed by atoms with Gasteiger partial charge in [0, 0.05) is 36.9 Å². The van der Waals surface area contributed by atoms with Crippen molar-refractivity contribution < 1.29 is 14.4 Å². The first kappa shape index (κ1) is 20.3. The maximum absolute atomic E-state index is 12.6. The number of benzene rings is 1. The summed E-state index contributed by atoms with van der Waals surface area (Å²) in [6, 6.07) is 5.55. The Bertz CT molecular complexity index is 741. The highest BCUT2D eigenvalue weighted by Crippen LogP contribution is 2.36. The fourth-order valence-electron chi connectivity index (χ4n) is 3.57. The lowest BCUT2D eigenvalue weighted by atomic mass is 10.0. The molecule has 0 aromatic heterocycles. The molecule has 1 saturated carbocycles. The highest BCUT2D eigenvalue weighted by Gasteiger charge is 2.35. The van der Waals surface area contributed by atoms with Gasteiger partial charge in [-0.05, 0) is 56.5 Å². The molecule has 7 heteroatoms. The summed E-state index contributed by atoms with van der Waals surface area (Å²) in [5, 5.41) is 5.32. The maximum atomic E-state index is 12.6. The third-order valence-corrected chi connectivity index (χ3v) is 5.47. The zero-order valence-corrected chi connectivity index (χ0v) is 16.8. The Labute approximate surface area is 166 Å². The number of carbonyl (C=O) groups excluding carboxylic acids is 3. The molecule has 0 bridgehead atoms. The van der Waals surface area contributed by atoms with Gasteiger partial charge in [-0.2, -0.15) is 0 Å². The summed E-state index contributed by atoms with van der Waals surface area (Å²) in [5.74, 6) is -0.995. The molecule has 1 aliphatic carbocycles. The number of nitrogens with zero attached hydrogens (tertiary/aromatic N) is 2. The lowest BCUT2D eigenvalue weighted by Crippen LogP contribution is -2.40. The van der Waals surface area contributed by atoms with Gasteiger partial charge < -0.3 is 20.4 Å². The molecular weight excluding hydrogens is 356 g/mol. The van der Waals surface area contributed by atoms with E-state index in [1.54, 1.807) is 6.07 Å². The Morgan fingerprint density at radius 2 is 1.89 bits per heavy atom. The molecule has 28 heavy (non-hydrogen) atoms. The molecule has 0 radical (unpaired) electrons.